The molecule has 2 saturated heterocycles. The van der Waals surface area contributed by atoms with E-state index in [0.717, 1.165) is 75.7 Å². The summed E-state index contributed by atoms with van der Waals surface area (Å²) in [6.45, 7) is 15.9. The molecule has 9 heteroatoms. The fourth-order valence-electron chi connectivity index (χ4n) is 5.96. The van der Waals surface area contributed by atoms with Crippen LogP contribution >= 0.6 is 0 Å². The lowest BCUT2D eigenvalue weighted by atomic mass is 9.76. The van der Waals surface area contributed by atoms with Gasteiger partial charge in [0.1, 0.15) is 5.82 Å². The maximum absolute atomic E-state index is 12.0. The van der Waals surface area contributed by atoms with Crippen molar-refractivity contribution in [2.24, 2.45) is 27.7 Å². The van der Waals surface area contributed by atoms with Gasteiger partial charge in [-0.2, -0.15) is 10.1 Å². The molecule has 0 bridgehead atoms. The van der Waals surface area contributed by atoms with Crippen molar-refractivity contribution in [1.29, 1.82) is 5.41 Å². The van der Waals surface area contributed by atoms with Crippen LogP contribution in [0.15, 0.2) is 17.8 Å². The molecule has 1 spiro atoms. The zero-order chi connectivity index (χ0) is 26.1. The van der Waals surface area contributed by atoms with Crippen molar-refractivity contribution < 1.29 is 4.79 Å². The second-order valence-electron chi connectivity index (χ2n) is 12.1. The molecule has 1 amide bonds. The van der Waals surface area contributed by atoms with Crippen LogP contribution in [0.2, 0.25) is 0 Å². The number of nitrogens with one attached hydrogen (secondary N) is 2. The average Bonchev–Trinajstić information content (AvgIpc) is 3.25. The molecule has 1 aromatic heterocycles. The van der Waals surface area contributed by atoms with Crippen LogP contribution in [0.25, 0.3) is 0 Å². The number of fused-ring (bicyclic) bond motifs is 1. The average molecular weight is 495 g/mol. The van der Waals surface area contributed by atoms with Crippen molar-refractivity contribution in [1.82, 2.24) is 14.9 Å². The standard InChI is InChI=1S/C27H42N8O/c1-6-23(36)35-16-27(17-35)9-10-34(15-27)25-31-22-13-26(4,5)8-7-21(22)24(32-25)30-19(11-18(2)3)12-20(14-28)33-29/h6,14,18-19,28H,1,7-13,15-17,29H2,2-5H3,(H,30,31,32)/t19-/m0/s1. The molecule has 1 atom stereocenters. The number of carbonyl (C=O) groups excluding carboxylic acids is 1. The highest BCUT2D eigenvalue weighted by atomic mass is 16.2. The monoisotopic (exact) mass is 494 g/mol. The first-order valence-corrected chi connectivity index (χ1v) is 13.2. The van der Waals surface area contributed by atoms with Gasteiger partial charge in [-0.25, -0.2) is 4.98 Å². The lowest BCUT2D eigenvalue weighted by Gasteiger charge is -2.47. The molecule has 36 heavy (non-hydrogen) atoms. The van der Waals surface area contributed by atoms with Crippen LogP contribution in [0.4, 0.5) is 11.8 Å². The Morgan fingerprint density at radius 3 is 2.67 bits per heavy atom. The van der Waals surface area contributed by atoms with Gasteiger partial charge < -0.3 is 26.4 Å². The van der Waals surface area contributed by atoms with E-state index in [2.05, 4.69) is 49.6 Å². The third-order valence-electron chi connectivity index (χ3n) is 7.92. The van der Waals surface area contributed by atoms with Crippen molar-refractivity contribution in [2.75, 3.05) is 36.4 Å². The minimum Gasteiger partial charge on any atom is -0.367 e. The summed E-state index contributed by atoms with van der Waals surface area (Å²) in [7, 11) is 0. The zero-order valence-electron chi connectivity index (χ0n) is 22.3. The van der Waals surface area contributed by atoms with Crippen molar-refractivity contribution in [2.45, 2.75) is 72.3 Å². The van der Waals surface area contributed by atoms with E-state index in [-0.39, 0.29) is 22.8 Å². The molecular weight excluding hydrogens is 452 g/mol. The number of likely N-dealkylation sites (tertiary alicyclic amines) is 1. The van der Waals surface area contributed by atoms with Crippen LogP contribution in [0, 0.1) is 22.2 Å². The first kappa shape index (κ1) is 26.1. The van der Waals surface area contributed by atoms with E-state index >= 15 is 0 Å². The number of rotatable bonds is 9. The molecule has 0 radical (unpaired) electrons. The summed E-state index contributed by atoms with van der Waals surface area (Å²) < 4.78 is 0. The first-order valence-electron chi connectivity index (χ1n) is 13.2. The summed E-state index contributed by atoms with van der Waals surface area (Å²) in [4.78, 5) is 26.3. The second-order valence-corrected chi connectivity index (χ2v) is 12.1. The Labute approximate surface area is 215 Å². The van der Waals surface area contributed by atoms with Gasteiger partial charge in [-0.3, -0.25) is 4.79 Å². The molecule has 0 aromatic carbocycles. The molecule has 9 nitrogen and oxygen atoms in total. The Bertz CT molecular complexity index is 1040. The van der Waals surface area contributed by atoms with Gasteiger partial charge in [0.05, 0.1) is 11.4 Å². The maximum atomic E-state index is 12.0. The van der Waals surface area contributed by atoms with Crippen molar-refractivity contribution in [3.63, 3.8) is 0 Å². The number of hydrazone groups is 1. The molecule has 1 aliphatic carbocycles. The van der Waals surface area contributed by atoms with Gasteiger partial charge in [-0.05, 0) is 49.5 Å². The second kappa shape index (κ2) is 10.2. The molecule has 3 heterocycles. The van der Waals surface area contributed by atoms with Gasteiger partial charge in [0, 0.05) is 55.8 Å². The normalized spacial score (nSPS) is 21.2. The number of hydrogen-bond acceptors (Lipinski definition) is 8. The Kier molecular flexibility index (Phi) is 7.38. The smallest absolute Gasteiger partial charge is 0.245 e. The molecule has 2 aliphatic heterocycles. The molecule has 3 aliphatic rings. The minimum absolute atomic E-state index is 0.0133. The van der Waals surface area contributed by atoms with E-state index in [1.54, 1.807) is 0 Å². The van der Waals surface area contributed by atoms with Crippen LogP contribution in [0.5, 0.6) is 0 Å². The number of aromatic nitrogens is 2. The Hall–Kier alpha value is -2.97. The van der Waals surface area contributed by atoms with E-state index in [1.165, 1.54) is 17.9 Å². The molecular formula is C27H42N8O. The Morgan fingerprint density at radius 1 is 1.28 bits per heavy atom. The summed E-state index contributed by atoms with van der Waals surface area (Å²) in [5, 5.41) is 15.2. The maximum Gasteiger partial charge on any atom is 0.245 e. The van der Waals surface area contributed by atoms with Crippen LogP contribution < -0.4 is 16.1 Å². The number of hydrogen-bond donors (Lipinski definition) is 3. The summed E-state index contributed by atoms with van der Waals surface area (Å²) in [5.41, 5.74) is 3.26. The number of carbonyl (C=O) groups is 1. The van der Waals surface area contributed by atoms with E-state index in [9.17, 15) is 4.79 Å². The summed E-state index contributed by atoms with van der Waals surface area (Å²) in [5.74, 6) is 7.71. The molecule has 196 valence electrons. The fourth-order valence-corrected chi connectivity index (χ4v) is 5.96. The Morgan fingerprint density at radius 2 is 2.03 bits per heavy atom. The third-order valence-corrected chi connectivity index (χ3v) is 7.92. The molecule has 4 N–H and O–H groups in total. The highest BCUT2D eigenvalue weighted by Gasteiger charge is 2.49. The minimum atomic E-state index is 0.0133. The summed E-state index contributed by atoms with van der Waals surface area (Å²) in [6.07, 6.45) is 8.16. The van der Waals surface area contributed by atoms with Crippen LogP contribution in [-0.2, 0) is 17.6 Å². The van der Waals surface area contributed by atoms with E-state index in [4.69, 9.17) is 21.2 Å². The number of anilines is 2. The zero-order valence-corrected chi connectivity index (χ0v) is 22.3. The quantitative estimate of drug-likeness (QED) is 0.209. The van der Waals surface area contributed by atoms with Gasteiger partial charge >= 0.3 is 0 Å². The number of nitrogens with two attached hydrogens (primary N) is 1. The molecule has 1 aromatic rings. The van der Waals surface area contributed by atoms with E-state index in [1.807, 2.05) is 4.90 Å². The highest BCUT2D eigenvalue weighted by Crippen LogP contribution is 2.42. The van der Waals surface area contributed by atoms with Gasteiger partial charge in [-0.1, -0.05) is 34.3 Å². The molecule has 0 saturated carbocycles. The number of amides is 1. The van der Waals surface area contributed by atoms with E-state index in [0.29, 0.717) is 18.1 Å². The van der Waals surface area contributed by atoms with Crippen molar-refractivity contribution in [3.05, 3.63) is 23.9 Å². The van der Waals surface area contributed by atoms with Crippen LogP contribution in [-0.4, -0.2) is 64.9 Å². The third kappa shape index (κ3) is 5.55. The molecule has 0 unspecified atom stereocenters. The van der Waals surface area contributed by atoms with Crippen molar-refractivity contribution >= 4 is 29.6 Å². The van der Waals surface area contributed by atoms with E-state index < -0.39 is 0 Å². The van der Waals surface area contributed by atoms with Crippen LogP contribution in [0.3, 0.4) is 0 Å². The van der Waals surface area contributed by atoms with Gasteiger partial charge in [0.25, 0.3) is 0 Å². The van der Waals surface area contributed by atoms with Crippen molar-refractivity contribution in [3.8, 4) is 0 Å². The van der Waals surface area contributed by atoms with Gasteiger partial charge in [0.2, 0.25) is 11.9 Å². The van der Waals surface area contributed by atoms with Gasteiger partial charge in [0.15, 0.2) is 0 Å². The molecule has 2 fully saturated rings. The lowest BCUT2D eigenvalue weighted by Crippen LogP contribution is -2.59. The van der Waals surface area contributed by atoms with Gasteiger partial charge in [-0.15, -0.1) is 0 Å². The predicted molar refractivity (Wildman–Crippen MR) is 146 cm³/mol. The molecule has 4 rings (SSSR count). The predicted octanol–water partition coefficient (Wildman–Crippen LogP) is 3.40. The largest absolute Gasteiger partial charge is 0.367 e. The summed E-state index contributed by atoms with van der Waals surface area (Å²) >= 11 is 0. The Balaban J connectivity index is 1.61. The SMILES string of the molecule is C=CC(=O)N1CC2(CCN(c3nc4c(c(N[C@H](CC(C=N)=NN)CC(C)C)n3)CCC(C)(C)C4)C2)C1. The fraction of sp³-hybridized carbons (Fsp3) is 0.667. The van der Waals surface area contributed by atoms with Crippen LogP contribution in [0.1, 0.15) is 64.6 Å². The highest BCUT2D eigenvalue weighted by molar-refractivity contribution is 6.29. The lowest BCUT2D eigenvalue weighted by molar-refractivity contribution is -0.136. The first-order chi connectivity index (χ1) is 17.1. The number of nitrogens with zero attached hydrogens (tertiary/aromatic N) is 5. The summed E-state index contributed by atoms with van der Waals surface area (Å²) in [6, 6.07) is 0.0747. The topological polar surface area (TPSA) is 124 Å².